The molecule has 0 atom stereocenters. The molecule has 10 nitrogen and oxygen atoms in total. The molecule has 0 amide bonds. The first-order chi connectivity index (χ1) is 15.5. The lowest BCUT2D eigenvalue weighted by molar-refractivity contribution is 0.192. The van der Waals surface area contributed by atoms with Crippen LogP contribution in [0.3, 0.4) is 0 Å². The van der Waals surface area contributed by atoms with Crippen LogP contribution in [-0.4, -0.2) is 48.4 Å². The van der Waals surface area contributed by atoms with Gasteiger partial charge in [-0.1, -0.05) is 32.9 Å². The van der Waals surface area contributed by atoms with Crippen molar-refractivity contribution in [1.82, 2.24) is 9.97 Å². The predicted molar refractivity (Wildman–Crippen MR) is 125 cm³/mol. The summed E-state index contributed by atoms with van der Waals surface area (Å²) in [6, 6.07) is 10.3. The molecule has 3 aromatic rings. The van der Waals surface area contributed by atoms with Crippen LogP contribution in [0, 0.1) is 0 Å². The molecule has 0 aliphatic carbocycles. The summed E-state index contributed by atoms with van der Waals surface area (Å²) >= 11 is 1.11. The third-order valence-electron chi connectivity index (χ3n) is 3.98. The molecular formula is C21H27N3O7S2. The lowest BCUT2D eigenvalue weighted by Gasteiger charge is -2.14. The molecule has 0 aliphatic rings. The first kappa shape index (κ1) is 26.3. The third-order valence-corrected chi connectivity index (χ3v) is 6.82. The Morgan fingerprint density at radius 2 is 1.76 bits per heavy atom. The molecule has 0 fully saturated rings. The van der Waals surface area contributed by atoms with Crippen LogP contribution in [0.4, 0.5) is 5.82 Å². The second-order valence-electron chi connectivity index (χ2n) is 7.56. The number of hydrogen-bond donors (Lipinski definition) is 3. The Hall–Kier alpha value is -2.93. The first-order valence-corrected chi connectivity index (χ1v) is 12.0. The number of rotatable bonds is 7. The minimum Gasteiger partial charge on any atom is -0.493 e. The summed E-state index contributed by atoms with van der Waals surface area (Å²) < 4.78 is 46.4. The summed E-state index contributed by atoms with van der Waals surface area (Å²) in [7, 11) is -2.49. The maximum absolute atomic E-state index is 10.7. The van der Waals surface area contributed by atoms with Crippen LogP contribution >= 0.6 is 11.3 Å². The van der Waals surface area contributed by atoms with Gasteiger partial charge in [0.1, 0.15) is 17.1 Å². The molecule has 2 heterocycles. The Bertz CT molecular complexity index is 1160. The number of anilines is 1. The predicted octanol–water partition coefficient (Wildman–Crippen LogP) is 3.52. The number of aliphatic hydroxyl groups is 1. The van der Waals surface area contributed by atoms with Gasteiger partial charge in [0, 0.05) is 4.88 Å². The van der Waals surface area contributed by atoms with Crippen LogP contribution in [0.25, 0.3) is 0 Å². The van der Waals surface area contributed by atoms with Crippen molar-refractivity contribution >= 4 is 27.3 Å². The fourth-order valence-corrected chi connectivity index (χ4v) is 4.11. The summed E-state index contributed by atoms with van der Waals surface area (Å²) in [5.74, 6) is 1.50. The molecule has 12 heteroatoms. The van der Waals surface area contributed by atoms with Crippen LogP contribution in [0.15, 0.2) is 46.9 Å². The van der Waals surface area contributed by atoms with Gasteiger partial charge in [-0.2, -0.15) is 13.4 Å². The first-order valence-electron chi connectivity index (χ1n) is 9.70. The molecule has 4 N–H and O–H groups in total. The van der Waals surface area contributed by atoms with Crippen molar-refractivity contribution < 1.29 is 32.3 Å². The highest BCUT2D eigenvalue weighted by Crippen LogP contribution is 2.37. The SMILES string of the molecule is CC(C)(C)c1ccc(S(=O)(=O)O)s1.COc1ccccc1Oc1c(N)ncnc1OCCO. The Morgan fingerprint density at radius 1 is 1.09 bits per heavy atom. The van der Waals surface area contributed by atoms with Gasteiger partial charge in [0.25, 0.3) is 5.88 Å². The number of ether oxygens (including phenoxy) is 3. The fourth-order valence-electron chi connectivity index (χ4n) is 2.39. The molecule has 33 heavy (non-hydrogen) atoms. The molecule has 0 aliphatic heterocycles. The van der Waals surface area contributed by atoms with Gasteiger partial charge in [-0.05, 0) is 29.7 Å². The molecule has 0 spiro atoms. The number of aromatic nitrogens is 2. The topological polar surface area (TPSA) is 154 Å². The molecule has 0 radical (unpaired) electrons. The number of aliphatic hydroxyl groups excluding tert-OH is 1. The number of nitrogen functional groups attached to an aromatic ring is 1. The van der Waals surface area contributed by atoms with E-state index in [0.29, 0.717) is 11.5 Å². The summed E-state index contributed by atoms with van der Waals surface area (Å²) in [5.41, 5.74) is 5.70. The quantitative estimate of drug-likeness (QED) is 0.413. The highest BCUT2D eigenvalue weighted by molar-refractivity contribution is 7.88. The smallest absolute Gasteiger partial charge is 0.304 e. The van der Waals surface area contributed by atoms with Gasteiger partial charge in [-0.15, -0.1) is 11.3 Å². The summed E-state index contributed by atoms with van der Waals surface area (Å²) in [6.07, 6.45) is 1.26. The molecular weight excluding hydrogens is 470 g/mol. The van der Waals surface area contributed by atoms with E-state index in [2.05, 4.69) is 9.97 Å². The van der Waals surface area contributed by atoms with Gasteiger partial charge in [-0.3, -0.25) is 4.55 Å². The Labute approximate surface area is 196 Å². The van der Waals surface area contributed by atoms with E-state index < -0.39 is 10.1 Å². The molecule has 180 valence electrons. The number of nitrogens with two attached hydrogens (primary N) is 1. The highest BCUT2D eigenvalue weighted by atomic mass is 32.3. The number of methoxy groups -OCH3 is 1. The number of hydrogen-bond acceptors (Lipinski definition) is 10. The van der Waals surface area contributed by atoms with Crippen LogP contribution in [0.5, 0.6) is 23.1 Å². The molecule has 0 saturated carbocycles. The standard InChI is InChI=1S/C13H15N3O4.C8H12O3S2/c1-18-9-4-2-3-5-10(9)20-11-12(14)15-8-16-13(11)19-7-6-17;1-8(2,3)6-4-5-7(12-6)13(9,10)11/h2-5,8,17H,6-7H2,1H3,(H2,14,15,16);4-5H,1-3H3,(H,9,10,11). The normalized spacial score (nSPS) is 11.3. The molecule has 0 saturated heterocycles. The van der Waals surface area contributed by atoms with Crippen molar-refractivity contribution in [2.75, 3.05) is 26.1 Å². The Morgan fingerprint density at radius 3 is 2.27 bits per heavy atom. The monoisotopic (exact) mass is 497 g/mol. The van der Waals surface area contributed by atoms with Crippen molar-refractivity contribution in [3.63, 3.8) is 0 Å². The van der Waals surface area contributed by atoms with Gasteiger partial charge < -0.3 is 25.1 Å². The maximum atomic E-state index is 10.7. The molecule has 1 aromatic carbocycles. The lowest BCUT2D eigenvalue weighted by atomic mass is 9.95. The second-order valence-corrected chi connectivity index (χ2v) is 10.3. The largest absolute Gasteiger partial charge is 0.493 e. The molecule has 3 rings (SSSR count). The number of benzene rings is 1. The number of thiophene rings is 1. The third kappa shape index (κ3) is 7.56. The van der Waals surface area contributed by atoms with Crippen molar-refractivity contribution in [3.05, 3.63) is 47.6 Å². The molecule has 0 bridgehead atoms. The van der Waals surface area contributed by atoms with E-state index in [1.807, 2.05) is 26.8 Å². The van der Waals surface area contributed by atoms with Crippen molar-refractivity contribution in [3.8, 4) is 23.1 Å². The van der Waals surface area contributed by atoms with Crippen molar-refractivity contribution in [2.45, 2.75) is 30.4 Å². The van der Waals surface area contributed by atoms with E-state index in [4.69, 9.17) is 29.6 Å². The van der Waals surface area contributed by atoms with E-state index in [-0.39, 0.29) is 40.3 Å². The van der Waals surface area contributed by atoms with Crippen LogP contribution in [0.1, 0.15) is 25.6 Å². The minimum atomic E-state index is -4.02. The average Bonchev–Trinajstić information content (AvgIpc) is 3.27. The van der Waals surface area contributed by atoms with E-state index in [9.17, 15) is 8.42 Å². The summed E-state index contributed by atoms with van der Waals surface area (Å²) in [5, 5.41) is 8.80. The zero-order valence-electron chi connectivity index (χ0n) is 18.7. The van der Waals surface area contributed by atoms with Gasteiger partial charge in [0.05, 0.1) is 13.7 Å². The van der Waals surface area contributed by atoms with Crippen LogP contribution in [0.2, 0.25) is 0 Å². The van der Waals surface area contributed by atoms with E-state index in [0.717, 1.165) is 16.2 Å². The van der Waals surface area contributed by atoms with E-state index in [1.165, 1.54) is 19.5 Å². The average molecular weight is 498 g/mol. The Kier molecular flexibility index (Phi) is 8.99. The Balaban J connectivity index is 0.000000257. The van der Waals surface area contributed by atoms with Gasteiger partial charge in [-0.25, -0.2) is 4.98 Å². The van der Waals surface area contributed by atoms with Gasteiger partial charge in [0.2, 0.25) is 5.75 Å². The molecule has 0 unspecified atom stereocenters. The van der Waals surface area contributed by atoms with Crippen molar-refractivity contribution in [1.29, 1.82) is 0 Å². The van der Waals surface area contributed by atoms with E-state index >= 15 is 0 Å². The second kappa shape index (κ2) is 11.3. The fraction of sp³-hybridized carbons (Fsp3) is 0.333. The summed E-state index contributed by atoms with van der Waals surface area (Å²) in [4.78, 5) is 8.74. The highest BCUT2D eigenvalue weighted by Gasteiger charge is 2.20. The number of para-hydroxylation sites is 2. The minimum absolute atomic E-state index is 0.0115. The van der Waals surface area contributed by atoms with Crippen molar-refractivity contribution in [2.24, 2.45) is 0 Å². The maximum Gasteiger partial charge on any atom is 0.304 e. The van der Waals surface area contributed by atoms with E-state index in [1.54, 1.807) is 24.3 Å². The van der Waals surface area contributed by atoms with Crippen LogP contribution in [-0.2, 0) is 15.5 Å². The van der Waals surface area contributed by atoms with Crippen LogP contribution < -0.4 is 19.9 Å². The molecule has 2 aromatic heterocycles. The zero-order valence-corrected chi connectivity index (χ0v) is 20.3. The van der Waals surface area contributed by atoms with Gasteiger partial charge in [0.15, 0.2) is 17.3 Å². The lowest BCUT2D eigenvalue weighted by Crippen LogP contribution is -2.07. The van der Waals surface area contributed by atoms with Gasteiger partial charge >= 0.3 is 10.1 Å². The summed E-state index contributed by atoms with van der Waals surface area (Å²) in [6.45, 7) is 5.92. The number of nitrogens with zero attached hydrogens (tertiary/aromatic N) is 2. The zero-order chi connectivity index (χ0) is 24.6.